The van der Waals surface area contributed by atoms with Gasteiger partial charge < -0.3 is 9.31 Å². The Labute approximate surface area is 239 Å². The maximum atomic E-state index is 13.9. The van der Waals surface area contributed by atoms with Crippen molar-refractivity contribution < 1.29 is 22.5 Å². The van der Waals surface area contributed by atoms with Crippen molar-refractivity contribution >= 4 is 12.6 Å². The summed E-state index contributed by atoms with van der Waals surface area (Å²) in [5.74, 6) is 0. The molecule has 2 aliphatic rings. The van der Waals surface area contributed by atoms with Crippen molar-refractivity contribution in [1.82, 2.24) is 14.7 Å². The summed E-state index contributed by atoms with van der Waals surface area (Å²) >= 11 is 0. The minimum absolute atomic E-state index is 0.00406. The molecule has 0 spiro atoms. The lowest BCUT2D eigenvalue weighted by molar-refractivity contribution is -0.137. The Balaban J connectivity index is 1.33. The first-order valence-corrected chi connectivity index (χ1v) is 13.9. The highest BCUT2D eigenvalue weighted by Crippen LogP contribution is 2.40. The minimum atomic E-state index is -4.49. The van der Waals surface area contributed by atoms with E-state index in [0.29, 0.717) is 29.8 Å². The van der Waals surface area contributed by atoms with Crippen LogP contribution in [0.3, 0.4) is 0 Å². The van der Waals surface area contributed by atoms with Crippen LogP contribution in [-0.4, -0.2) is 46.1 Å². The van der Waals surface area contributed by atoms with Crippen LogP contribution in [0.1, 0.15) is 56.5 Å². The van der Waals surface area contributed by atoms with Crippen molar-refractivity contribution in [2.75, 3.05) is 13.1 Å². The Bertz CT molecular complexity index is 1460. The van der Waals surface area contributed by atoms with E-state index in [0.717, 1.165) is 6.07 Å². The Morgan fingerprint density at radius 2 is 1.39 bits per heavy atom. The molecule has 0 unspecified atom stereocenters. The van der Waals surface area contributed by atoms with E-state index >= 15 is 0 Å². The molecule has 41 heavy (non-hydrogen) atoms. The number of alkyl halides is 3. The number of benzene rings is 3. The summed E-state index contributed by atoms with van der Waals surface area (Å²) in [6, 6.07) is 26.3. The Morgan fingerprint density at radius 3 is 1.93 bits per heavy atom. The van der Waals surface area contributed by atoms with Crippen LogP contribution in [0, 0.1) is 0 Å². The normalized spacial score (nSPS) is 19.1. The van der Waals surface area contributed by atoms with Gasteiger partial charge in [0.15, 0.2) is 0 Å². The molecule has 9 heteroatoms. The smallest absolute Gasteiger partial charge is 0.399 e. The van der Waals surface area contributed by atoms with Gasteiger partial charge in [-0.05, 0) is 56.4 Å². The van der Waals surface area contributed by atoms with Crippen molar-refractivity contribution in [3.8, 4) is 11.3 Å². The van der Waals surface area contributed by atoms with Crippen molar-refractivity contribution in [3.05, 3.63) is 108 Å². The summed E-state index contributed by atoms with van der Waals surface area (Å²) in [5, 5.41) is 4.60. The summed E-state index contributed by atoms with van der Waals surface area (Å²) < 4.78 is 56.0. The topological polar surface area (TPSA) is 39.5 Å². The second kappa shape index (κ2) is 10.2. The van der Waals surface area contributed by atoms with Gasteiger partial charge in [-0.25, -0.2) is 0 Å². The van der Waals surface area contributed by atoms with E-state index in [2.05, 4.69) is 34.3 Å². The number of rotatable bonds is 6. The standard InChI is InChI=1S/C32H33BF3N3O2/c1-30(2)31(3,4)41-33(40-30)27-16-15-24(32(34,35)36)19-26(27)28-17-18-37-39(28)25-20-38(21-25)29(22-11-7-5-8-12-22)23-13-9-6-10-14-23/h5-19,25,29H,20-21H2,1-4H3. The molecule has 2 fully saturated rings. The van der Waals surface area contributed by atoms with Crippen LogP contribution in [-0.2, 0) is 15.5 Å². The molecule has 0 amide bonds. The Kier molecular flexibility index (Phi) is 6.87. The SMILES string of the molecule is CC1(C)OB(c2ccc(C(F)(F)F)cc2-c2ccnn2C2CN(C(c3ccccc3)c3ccccc3)C2)OC1(C)C. The van der Waals surface area contributed by atoms with Crippen LogP contribution < -0.4 is 5.46 Å². The number of halogens is 3. The number of likely N-dealkylation sites (tertiary alicyclic amines) is 1. The predicted octanol–water partition coefficient (Wildman–Crippen LogP) is 6.51. The van der Waals surface area contributed by atoms with Gasteiger partial charge in [0.2, 0.25) is 0 Å². The van der Waals surface area contributed by atoms with Gasteiger partial charge >= 0.3 is 13.3 Å². The molecule has 3 aromatic carbocycles. The molecule has 0 saturated carbocycles. The van der Waals surface area contributed by atoms with Gasteiger partial charge in [0.05, 0.1) is 34.5 Å². The second-order valence-electron chi connectivity index (χ2n) is 11.9. The summed E-state index contributed by atoms with van der Waals surface area (Å²) in [7, 11) is -0.806. The summed E-state index contributed by atoms with van der Waals surface area (Å²) in [6.45, 7) is 9.13. The second-order valence-corrected chi connectivity index (χ2v) is 11.9. The molecule has 212 valence electrons. The monoisotopic (exact) mass is 559 g/mol. The van der Waals surface area contributed by atoms with Gasteiger partial charge in [0.1, 0.15) is 0 Å². The average Bonchev–Trinajstić information content (AvgIpc) is 3.47. The molecular weight excluding hydrogens is 526 g/mol. The van der Waals surface area contributed by atoms with E-state index in [1.54, 1.807) is 12.3 Å². The van der Waals surface area contributed by atoms with Gasteiger partial charge in [-0.3, -0.25) is 9.58 Å². The van der Waals surface area contributed by atoms with E-state index in [1.807, 2.05) is 68.8 Å². The largest absolute Gasteiger partial charge is 0.495 e. The first kappa shape index (κ1) is 27.8. The summed E-state index contributed by atoms with van der Waals surface area (Å²) in [6.07, 6.45) is -2.84. The van der Waals surface area contributed by atoms with Gasteiger partial charge in [-0.2, -0.15) is 18.3 Å². The maximum absolute atomic E-state index is 13.9. The molecule has 0 bridgehead atoms. The lowest BCUT2D eigenvalue weighted by Crippen LogP contribution is -2.50. The first-order valence-electron chi connectivity index (χ1n) is 13.9. The maximum Gasteiger partial charge on any atom is 0.495 e. The van der Waals surface area contributed by atoms with E-state index in [-0.39, 0.29) is 12.1 Å². The molecule has 0 N–H and O–H groups in total. The van der Waals surface area contributed by atoms with Crippen LogP contribution in [0.5, 0.6) is 0 Å². The fourth-order valence-corrected chi connectivity index (χ4v) is 5.69. The zero-order valence-corrected chi connectivity index (χ0v) is 23.6. The molecule has 0 aliphatic carbocycles. The van der Waals surface area contributed by atoms with E-state index in [4.69, 9.17) is 9.31 Å². The number of hydrogen-bond acceptors (Lipinski definition) is 4. The highest BCUT2D eigenvalue weighted by Gasteiger charge is 2.52. The van der Waals surface area contributed by atoms with Gasteiger partial charge in [-0.1, -0.05) is 72.8 Å². The van der Waals surface area contributed by atoms with Gasteiger partial charge in [0.25, 0.3) is 0 Å². The third-order valence-corrected chi connectivity index (χ3v) is 8.67. The molecular formula is C32H33BF3N3O2. The molecule has 2 saturated heterocycles. The van der Waals surface area contributed by atoms with E-state index in [1.165, 1.54) is 23.3 Å². The van der Waals surface area contributed by atoms with Crippen LogP contribution in [0.4, 0.5) is 13.2 Å². The van der Waals surface area contributed by atoms with Crippen molar-refractivity contribution in [3.63, 3.8) is 0 Å². The first-order chi connectivity index (χ1) is 19.4. The zero-order chi connectivity index (χ0) is 29.0. The predicted molar refractivity (Wildman–Crippen MR) is 154 cm³/mol. The Hall–Kier alpha value is -3.40. The van der Waals surface area contributed by atoms with Gasteiger partial charge in [0, 0.05) is 24.8 Å². The summed E-state index contributed by atoms with van der Waals surface area (Å²) in [5.41, 5.74) is 1.99. The fraction of sp³-hybridized carbons (Fsp3) is 0.344. The lowest BCUT2D eigenvalue weighted by atomic mass is 9.74. The lowest BCUT2D eigenvalue weighted by Gasteiger charge is -2.45. The number of hydrogen-bond donors (Lipinski definition) is 0. The highest BCUT2D eigenvalue weighted by atomic mass is 19.4. The van der Waals surface area contributed by atoms with Crippen LogP contribution in [0.2, 0.25) is 0 Å². The third-order valence-electron chi connectivity index (χ3n) is 8.67. The van der Waals surface area contributed by atoms with Crippen molar-refractivity contribution in [1.29, 1.82) is 0 Å². The molecule has 3 heterocycles. The van der Waals surface area contributed by atoms with E-state index in [9.17, 15) is 13.2 Å². The molecule has 5 nitrogen and oxygen atoms in total. The zero-order valence-electron chi connectivity index (χ0n) is 23.6. The van der Waals surface area contributed by atoms with Crippen LogP contribution in [0.25, 0.3) is 11.3 Å². The Morgan fingerprint density at radius 1 is 0.829 bits per heavy atom. The van der Waals surface area contributed by atoms with E-state index < -0.39 is 30.1 Å². The molecule has 0 atom stereocenters. The highest BCUT2D eigenvalue weighted by molar-refractivity contribution is 6.63. The van der Waals surface area contributed by atoms with Crippen molar-refractivity contribution in [2.45, 2.75) is 57.2 Å². The van der Waals surface area contributed by atoms with Gasteiger partial charge in [-0.15, -0.1) is 0 Å². The molecule has 1 aromatic heterocycles. The van der Waals surface area contributed by atoms with Crippen LogP contribution in [0.15, 0.2) is 91.1 Å². The third kappa shape index (κ3) is 5.11. The number of nitrogens with zero attached hydrogens (tertiary/aromatic N) is 3. The average molecular weight is 559 g/mol. The van der Waals surface area contributed by atoms with Crippen molar-refractivity contribution in [2.24, 2.45) is 0 Å². The number of aromatic nitrogens is 2. The fourth-order valence-electron chi connectivity index (χ4n) is 5.69. The minimum Gasteiger partial charge on any atom is -0.399 e. The summed E-state index contributed by atoms with van der Waals surface area (Å²) in [4.78, 5) is 2.38. The van der Waals surface area contributed by atoms with Crippen LogP contribution >= 0.6 is 0 Å². The quantitative estimate of drug-likeness (QED) is 0.253. The molecule has 2 aliphatic heterocycles. The molecule has 0 radical (unpaired) electrons. The molecule has 4 aromatic rings. The molecule has 6 rings (SSSR count).